The van der Waals surface area contributed by atoms with E-state index in [0.717, 1.165) is 6.42 Å². The molecule has 2 aliphatic rings. The van der Waals surface area contributed by atoms with Crippen LogP contribution in [0.2, 0.25) is 0 Å². The number of carbonyl (C=O) groups is 3. The maximum atomic E-state index is 12.8. The molecule has 2 aromatic rings. The van der Waals surface area contributed by atoms with Crippen molar-refractivity contribution in [2.45, 2.75) is 26.2 Å². The number of piperidine rings is 1. The Hall–Kier alpha value is -3.75. The number of nitrogens with zero attached hydrogens (tertiary/aromatic N) is 1. The van der Waals surface area contributed by atoms with E-state index in [1.165, 1.54) is 25.1 Å². The van der Waals surface area contributed by atoms with Gasteiger partial charge in [0.25, 0.3) is 5.91 Å². The molecule has 0 saturated carbocycles. The van der Waals surface area contributed by atoms with Crippen molar-refractivity contribution in [1.29, 1.82) is 0 Å². The first-order chi connectivity index (χ1) is 15.3. The van der Waals surface area contributed by atoms with Crippen molar-refractivity contribution in [1.82, 2.24) is 4.90 Å². The first-order valence-corrected chi connectivity index (χ1v) is 10.4. The molecule has 1 atom stereocenters. The Labute approximate surface area is 184 Å². The van der Waals surface area contributed by atoms with Crippen LogP contribution < -0.4 is 14.8 Å². The monoisotopic (exact) mass is 440 g/mol. The van der Waals surface area contributed by atoms with Crippen LogP contribution in [0.1, 0.15) is 46.9 Å². The number of carbonyl (C=O) groups excluding carboxylic acids is 3. The predicted octanol–water partition coefficient (Wildman–Crippen LogP) is 2.91. The highest BCUT2D eigenvalue weighted by atomic mass is 16.7. The Balaban J connectivity index is 1.42. The van der Waals surface area contributed by atoms with Crippen LogP contribution in [0.3, 0.4) is 0 Å². The minimum Gasteiger partial charge on any atom is -0.508 e. The van der Waals surface area contributed by atoms with Crippen LogP contribution in [0.5, 0.6) is 23.0 Å². The smallest absolute Gasteiger partial charge is 0.257 e. The van der Waals surface area contributed by atoms with E-state index in [2.05, 4.69) is 5.32 Å². The molecular formula is C23H24N2O7. The average Bonchev–Trinajstić information content (AvgIpc) is 3.22. The maximum Gasteiger partial charge on any atom is 0.257 e. The molecule has 1 fully saturated rings. The van der Waals surface area contributed by atoms with Gasteiger partial charge in [0, 0.05) is 31.1 Å². The zero-order valence-electron chi connectivity index (χ0n) is 17.6. The van der Waals surface area contributed by atoms with Gasteiger partial charge in [-0.2, -0.15) is 0 Å². The lowest BCUT2D eigenvalue weighted by molar-refractivity contribution is -0.117. The molecule has 9 heteroatoms. The van der Waals surface area contributed by atoms with Crippen molar-refractivity contribution in [3.8, 4) is 23.0 Å². The number of aromatic hydroxyl groups is 2. The second-order valence-electron chi connectivity index (χ2n) is 8.02. The summed E-state index contributed by atoms with van der Waals surface area (Å²) in [5, 5.41) is 22.4. The maximum absolute atomic E-state index is 12.8. The molecule has 1 unspecified atom stereocenters. The fourth-order valence-corrected chi connectivity index (χ4v) is 4.08. The Kier molecular flexibility index (Phi) is 5.89. The molecule has 2 aromatic carbocycles. The number of nitrogens with one attached hydrogen (secondary N) is 1. The van der Waals surface area contributed by atoms with Crippen molar-refractivity contribution in [2.24, 2.45) is 5.92 Å². The van der Waals surface area contributed by atoms with E-state index >= 15 is 0 Å². The molecule has 0 aromatic heterocycles. The number of likely N-dealkylation sites (tertiary alicyclic amines) is 1. The van der Waals surface area contributed by atoms with Crippen LogP contribution in [-0.4, -0.2) is 52.6 Å². The molecule has 0 aliphatic carbocycles. The molecule has 0 radical (unpaired) electrons. The fourth-order valence-electron chi connectivity index (χ4n) is 4.08. The summed E-state index contributed by atoms with van der Waals surface area (Å²) in [5.74, 6) is -0.336. The summed E-state index contributed by atoms with van der Waals surface area (Å²) < 4.78 is 10.6. The lowest BCUT2D eigenvalue weighted by Crippen LogP contribution is -2.41. The summed E-state index contributed by atoms with van der Waals surface area (Å²) in [6.45, 7) is 2.32. The Morgan fingerprint density at radius 3 is 2.59 bits per heavy atom. The van der Waals surface area contributed by atoms with Crippen LogP contribution in [0, 0.1) is 5.92 Å². The van der Waals surface area contributed by atoms with E-state index in [-0.39, 0.29) is 47.9 Å². The lowest BCUT2D eigenvalue weighted by Gasteiger charge is -2.32. The number of ketones is 1. The van der Waals surface area contributed by atoms with Gasteiger partial charge in [0.05, 0.1) is 11.3 Å². The minimum atomic E-state index is -0.391. The van der Waals surface area contributed by atoms with Gasteiger partial charge < -0.3 is 29.9 Å². The van der Waals surface area contributed by atoms with Crippen molar-refractivity contribution >= 4 is 23.3 Å². The SMILES string of the molecule is CC(=O)c1cc2c(cc1NC(=O)CC1CCCN(C(=O)c3cc(O)ccc3O)C1)OCO2. The third-order valence-corrected chi connectivity index (χ3v) is 5.66. The van der Waals surface area contributed by atoms with Gasteiger partial charge in [0.1, 0.15) is 11.5 Å². The van der Waals surface area contributed by atoms with Crippen LogP contribution in [0.25, 0.3) is 0 Å². The summed E-state index contributed by atoms with van der Waals surface area (Å²) >= 11 is 0. The first-order valence-electron chi connectivity index (χ1n) is 10.4. The Bertz CT molecular complexity index is 1080. The normalized spacial score (nSPS) is 17.2. The molecule has 4 rings (SSSR count). The Morgan fingerprint density at radius 1 is 1.09 bits per heavy atom. The molecule has 1 saturated heterocycles. The van der Waals surface area contributed by atoms with E-state index in [4.69, 9.17) is 9.47 Å². The topological polar surface area (TPSA) is 125 Å². The molecule has 0 bridgehead atoms. The molecule has 9 nitrogen and oxygen atoms in total. The molecule has 0 spiro atoms. The van der Waals surface area contributed by atoms with E-state index in [1.54, 1.807) is 17.0 Å². The van der Waals surface area contributed by atoms with Crippen LogP contribution >= 0.6 is 0 Å². The highest BCUT2D eigenvalue weighted by molar-refractivity contribution is 6.04. The highest BCUT2D eigenvalue weighted by Crippen LogP contribution is 2.37. The molecular weight excluding hydrogens is 416 g/mol. The molecule has 2 amide bonds. The average molecular weight is 440 g/mol. The first kappa shape index (κ1) is 21.5. The predicted molar refractivity (Wildman–Crippen MR) is 114 cm³/mol. The standard InChI is InChI=1S/C23H24N2O7/c1-13(26)16-9-20-21(32-12-31-20)10-18(16)24-22(29)7-14-3-2-6-25(11-14)23(30)17-8-15(27)4-5-19(17)28/h4-5,8-10,14,27-28H,2-3,6-7,11-12H2,1H3,(H,24,29). The lowest BCUT2D eigenvalue weighted by atomic mass is 9.93. The number of hydrogen-bond acceptors (Lipinski definition) is 7. The number of hydrogen-bond donors (Lipinski definition) is 3. The van der Waals surface area contributed by atoms with Gasteiger partial charge in [0.2, 0.25) is 12.7 Å². The molecule has 2 heterocycles. The highest BCUT2D eigenvalue weighted by Gasteiger charge is 2.28. The van der Waals surface area contributed by atoms with Crippen LogP contribution in [0.4, 0.5) is 5.69 Å². The number of anilines is 1. The van der Waals surface area contributed by atoms with Crippen molar-refractivity contribution < 1.29 is 34.1 Å². The van der Waals surface area contributed by atoms with Crippen LogP contribution in [-0.2, 0) is 4.79 Å². The largest absolute Gasteiger partial charge is 0.508 e. The molecule has 3 N–H and O–H groups in total. The Morgan fingerprint density at radius 2 is 1.84 bits per heavy atom. The van der Waals surface area contributed by atoms with E-state index < -0.39 is 5.91 Å². The number of rotatable bonds is 5. The minimum absolute atomic E-state index is 0.0292. The second-order valence-corrected chi connectivity index (χ2v) is 8.02. The zero-order chi connectivity index (χ0) is 22.8. The van der Waals surface area contributed by atoms with Gasteiger partial charge in [-0.05, 0) is 49.9 Å². The number of phenols is 2. The zero-order valence-corrected chi connectivity index (χ0v) is 17.6. The number of ether oxygens (including phenoxy) is 2. The number of amides is 2. The van der Waals surface area contributed by atoms with Gasteiger partial charge in [-0.15, -0.1) is 0 Å². The van der Waals surface area contributed by atoms with Crippen LogP contribution in [0.15, 0.2) is 30.3 Å². The fraction of sp³-hybridized carbons (Fsp3) is 0.348. The summed E-state index contributed by atoms with van der Waals surface area (Å²) in [7, 11) is 0. The summed E-state index contributed by atoms with van der Waals surface area (Å²) in [5.41, 5.74) is 0.726. The number of benzene rings is 2. The summed E-state index contributed by atoms with van der Waals surface area (Å²) in [4.78, 5) is 39.1. The number of fused-ring (bicyclic) bond motifs is 1. The quantitative estimate of drug-likeness (QED) is 0.482. The number of Topliss-reactive ketones (excluding diaryl/α,β-unsaturated/α-hetero) is 1. The van der Waals surface area contributed by atoms with Gasteiger partial charge in [-0.1, -0.05) is 0 Å². The molecule has 168 valence electrons. The third-order valence-electron chi connectivity index (χ3n) is 5.66. The van der Waals surface area contributed by atoms with Crippen molar-refractivity contribution in [3.63, 3.8) is 0 Å². The van der Waals surface area contributed by atoms with Gasteiger partial charge in [-0.3, -0.25) is 14.4 Å². The molecule has 2 aliphatic heterocycles. The van der Waals surface area contributed by atoms with Gasteiger partial charge in [-0.25, -0.2) is 0 Å². The number of phenolic OH excluding ortho intramolecular Hbond substituents is 2. The van der Waals surface area contributed by atoms with E-state index in [9.17, 15) is 24.6 Å². The van der Waals surface area contributed by atoms with E-state index in [1.807, 2.05) is 0 Å². The second kappa shape index (κ2) is 8.78. The third kappa shape index (κ3) is 4.46. The van der Waals surface area contributed by atoms with Gasteiger partial charge in [0.15, 0.2) is 17.3 Å². The molecule has 32 heavy (non-hydrogen) atoms. The summed E-state index contributed by atoms with van der Waals surface area (Å²) in [6.07, 6.45) is 1.65. The van der Waals surface area contributed by atoms with Crippen molar-refractivity contribution in [2.75, 3.05) is 25.2 Å². The summed E-state index contributed by atoms with van der Waals surface area (Å²) in [6, 6.07) is 6.95. The van der Waals surface area contributed by atoms with E-state index in [0.29, 0.717) is 42.3 Å². The van der Waals surface area contributed by atoms with Crippen molar-refractivity contribution in [3.05, 3.63) is 41.5 Å². The van der Waals surface area contributed by atoms with Gasteiger partial charge >= 0.3 is 0 Å².